The minimum absolute atomic E-state index is 0.108. The van der Waals surface area contributed by atoms with Gasteiger partial charge in [0.2, 0.25) is 0 Å². The van der Waals surface area contributed by atoms with Crippen molar-refractivity contribution in [2.45, 2.75) is 38.0 Å². The topological polar surface area (TPSA) is 71.5 Å². The summed E-state index contributed by atoms with van der Waals surface area (Å²) < 4.78 is 17.3. The van der Waals surface area contributed by atoms with E-state index in [0.29, 0.717) is 56.5 Å². The molecule has 0 spiro atoms. The zero-order valence-electron chi connectivity index (χ0n) is 18.9. The number of rotatable bonds is 6. The summed E-state index contributed by atoms with van der Waals surface area (Å²) in [5.41, 5.74) is 3.23. The third-order valence-corrected chi connectivity index (χ3v) is 6.67. The molecule has 0 aliphatic carbocycles. The number of benzene rings is 2. The van der Waals surface area contributed by atoms with Crippen molar-refractivity contribution in [3.05, 3.63) is 59.2 Å². The number of hydrogen-bond donors (Lipinski definition) is 1. The monoisotopic (exact) mass is 452 g/mol. The van der Waals surface area contributed by atoms with Gasteiger partial charge in [-0.1, -0.05) is 24.3 Å². The molecule has 1 N–H and O–H groups in total. The van der Waals surface area contributed by atoms with Crippen LogP contribution in [0.3, 0.4) is 0 Å². The normalized spacial score (nSPS) is 20.4. The average Bonchev–Trinajstić information content (AvgIpc) is 2.98. The van der Waals surface area contributed by atoms with E-state index >= 15 is 0 Å². The maximum Gasteiger partial charge on any atom is 0.257 e. The molecule has 7 heteroatoms. The van der Waals surface area contributed by atoms with E-state index in [1.807, 2.05) is 12.1 Å². The van der Waals surface area contributed by atoms with Gasteiger partial charge in [0.1, 0.15) is 24.2 Å². The van der Waals surface area contributed by atoms with Gasteiger partial charge in [0, 0.05) is 45.1 Å². The highest BCUT2D eigenvalue weighted by molar-refractivity contribution is 5.97. The van der Waals surface area contributed by atoms with Crippen LogP contribution in [0.4, 0.5) is 0 Å². The summed E-state index contributed by atoms with van der Waals surface area (Å²) in [4.78, 5) is 17.2. The Morgan fingerprint density at radius 3 is 2.70 bits per heavy atom. The van der Waals surface area contributed by atoms with Gasteiger partial charge in [0.25, 0.3) is 5.91 Å². The van der Waals surface area contributed by atoms with Crippen LogP contribution in [0.5, 0.6) is 11.5 Å². The van der Waals surface area contributed by atoms with Crippen molar-refractivity contribution in [1.29, 1.82) is 0 Å². The molecule has 0 radical (unpaired) electrons. The van der Waals surface area contributed by atoms with E-state index in [1.165, 1.54) is 11.1 Å². The van der Waals surface area contributed by atoms with Gasteiger partial charge in [-0.3, -0.25) is 9.69 Å². The minimum atomic E-state index is -0.614. The fourth-order valence-electron chi connectivity index (χ4n) is 4.89. The maximum atomic E-state index is 13.2. The largest absolute Gasteiger partial charge is 0.491 e. The van der Waals surface area contributed by atoms with Crippen LogP contribution in [0.15, 0.2) is 42.5 Å². The lowest BCUT2D eigenvalue weighted by Crippen LogP contribution is -2.44. The molecule has 1 unspecified atom stereocenters. The van der Waals surface area contributed by atoms with Crippen LogP contribution >= 0.6 is 0 Å². The Hall–Kier alpha value is -2.61. The lowest BCUT2D eigenvalue weighted by Gasteiger charge is -2.32. The minimum Gasteiger partial charge on any atom is -0.491 e. The van der Waals surface area contributed by atoms with E-state index in [1.54, 1.807) is 11.0 Å². The lowest BCUT2D eigenvalue weighted by molar-refractivity contribution is 0.0255. The maximum absolute atomic E-state index is 13.2. The molecular formula is C26H32N2O5. The first-order chi connectivity index (χ1) is 16.2. The Balaban J connectivity index is 1.19. The highest BCUT2D eigenvalue weighted by Crippen LogP contribution is 2.30. The molecule has 3 aliphatic heterocycles. The number of fused-ring (bicyclic) bond motifs is 2. The molecule has 0 saturated carbocycles. The Morgan fingerprint density at radius 1 is 1.03 bits per heavy atom. The Morgan fingerprint density at radius 2 is 1.85 bits per heavy atom. The molecular weight excluding hydrogens is 420 g/mol. The fraction of sp³-hybridized carbons (Fsp3) is 0.500. The average molecular weight is 453 g/mol. The van der Waals surface area contributed by atoms with Gasteiger partial charge in [0.15, 0.2) is 0 Å². The van der Waals surface area contributed by atoms with Crippen molar-refractivity contribution >= 4 is 5.91 Å². The molecule has 7 nitrogen and oxygen atoms in total. The number of hydrogen-bond acceptors (Lipinski definition) is 6. The van der Waals surface area contributed by atoms with E-state index in [4.69, 9.17) is 14.2 Å². The summed E-state index contributed by atoms with van der Waals surface area (Å²) in [6, 6.07) is 13.9. The quantitative estimate of drug-likeness (QED) is 0.726. The van der Waals surface area contributed by atoms with Crippen molar-refractivity contribution in [1.82, 2.24) is 9.80 Å². The second-order valence-corrected chi connectivity index (χ2v) is 9.09. The standard InChI is InChI=1S/C26H32N2O5/c29-21(17-27-10-7-19-3-1-2-4-20(19)16-27)18-28-11-14-32-25-15-23(5-6-24(25)26(28)30)33-22-8-12-31-13-9-22/h1-6,15,21-22,29H,7-14,16-18H2. The predicted octanol–water partition coefficient (Wildman–Crippen LogP) is 2.50. The van der Waals surface area contributed by atoms with Crippen LogP contribution in [0.1, 0.15) is 34.3 Å². The lowest BCUT2D eigenvalue weighted by atomic mass is 10.00. The van der Waals surface area contributed by atoms with Gasteiger partial charge in [-0.05, 0) is 29.7 Å². The highest BCUT2D eigenvalue weighted by Gasteiger charge is 2.27. The molecule has 3 aliphatic rings. The molecule has 2 aromatic rings. The summed E-state index contributed by atoms with van der Waals surface area (Å²) in [7, 11) is 0. The van der Waals surface area contributed by atoms with Gasteiger partial charge in [-0.25, -0.2) is 0 Å². The van der Waals surface area contributed by atoms with Crippen LogP contribution in [0.25, 0.3) is 0 Å². The number of ether oxygens (including phenoxy) is 3. The summed E-state index contributed by atoms with van der Waals surface area (Å²) in [6.07, 6.45) is 2.24. The number of carbonyl (C=O) groups excluding carboxylic acids is 1. The van der Waals surface area contributed by atoms with Crippen LogP contribution in [-0.2, 0) is 17.7 Å². The third-order valence-electron chi connectivity index (χ3n) is 6.67. The molecule has 176 valence electrons. The van der Waals surface area contributed by atoms with Crippen molar-refractivity contribution in [3.8, 4) is 11.5 Å². The van der Waals surface area contributed by atoms with Crippen molar-refractivity contribution in [2.75, 3.05) is 46.0 Å². The van der Waals surface area contributed by atoms with E-state index in [-0.39, 0.29) is 12.0 Å². The summed E-state index contributed by atoms with van der Waals surface area (Å²) >= 11 is 0. The molecule has 0 aromatic heterocycles. The molecule has 33 heavy (non-hydrogen) atoms. The first-order valence-electron chi connectivity index (χ1n) is 11.9. The molecule has 0 bridgehead atoms. The summed E-state index contributed by atoms with van der Waals surface area (Å²) in [5, 5.41) is 10.8. The third kappa shape index (κ3) is 5.32. The number of β-amino-alcohol motifs (C(OH)–C–C–N with tert-alkyl or cyclic N) is 1. The second-order valence-electron chi connectivity index (χ2n) is 9.09. The van der Waals surface area contributed by atoms with Crippen LogP contribution in [-0.4, -0.2) is 79.0 Å². The fourth-order valence-corrected chi connectivity index (χ4v) is 4.89. The predicted molar refractivity (Wildman–Crippen MR) is 124 cm³/mol. The smallest absolute Gasteiger partial charge is 0.257 e. The molecule has 1 atom stereocenters. The van der Waals surface area contributed by atoms with Crippen LogP contribution in [0, 0.1) is 0 Å². The number of nitrogens with zero attached hydrogens (tertiary/aromatic N) is 2. The molecule has 1 saturated heterocycles. The molecule has 2 aromatic carbocycles. The molecule has 3 heterocycles. The summed E-state index contributed by atoms with van der Waals surface area (Å²) in [5.74, 6) is 1.16. The number of aliphatic hydroxyl groups is 1. The number of aliphatic hydroxyl groups excluding tert-OH is 1. The Labute approximate surface area is 194 Å². The van der Waals surface area contributed by atoms with Crippen LogP contribution in [0.2, 0.25) is 0 Å². The van der Waals surface area contributed by atoms with Gasteiger partial charge >= 0.3 is 0 Å². The Bertz CT molecular complexity index is 975. The van der Waals surface area contributed by atoms with Gasteiger partial charge in [-0.15, -0.1) is 0 Å². The molecule has 5 rings (SSSR count). The number of carbonyl (C=O) groups is 1. The molecule has 1 fully saturated rings. The molecule has 1 amide bonds. The van der Waals surface area contributed by atoms with Gasteiger partial charge in [-0.2, -0.15) is 0 Å². The van der Waals surface area contributed by atoms with E-state index in [9.17, 15) is 9.90 Å². The van der Waals surface area contributed by atoms with Gasteiger partial charge in [0.05, 0.1) is 31.4 Å². The SMILES string of the molecule is O=C1c2ccc(OC3CCOCC3)cc2OCCN1CC(O)CN1CCc2ccccc2C1. The van der Waals surface area contributed by atoms with Crippen molar-refractivity contribution in [3.63, 3.8) is 0 Å². The van der Waals surface area contributed by atoms with Crippen molar-refractivity contribution < 1.29 is 24.1 Å². The van der Waals surface area contributed by atoms with E-state index in [2.05, 4.69) is 29.2 Å². The highest BCUT2D eigenvalue weighted by atomic mass is 16.5. The van der Waals surface area contributed by atoms with E-state index in [0.717, 1.165) is 32.4 Å². The van der Waals surface area contributed by atoms with Crippen LogP contribution < -0.4 is 9.47 Å². The van der Waals surface area contributed by atoms with Gasteiger partial charge < -0.3 is 24.2 Å². The Kier molecular flexibility index (Phi) is 6.80. The first kappa shape index (κ1) is 22.2. The zero-order valence-corrected chi connectivity index (χ0v) is 18.9. The van der Waals surface area contributed by atoms with E-state index < -0.39 is 6.10 Å². The second kappa shape index (κ2) is 10.1. The number of amides is 1. The zero-order chi connectivity index (χ0) is 22.6. The van der Waals surface area contributed by atoms with Crippen molar-refractivity contribution in [2.24, 2.45) is 0 Å². The summed E-state index contributed by atoms with van der Waals surface area (Å²) in [6.45, 7) is 4.86. The first-order valence-corrected chi connectivity index (χ1v) is 11.9.